The normalized spacial score (nSPS) is 15.2. The van der Waals surface area contributed by atoms with Crippen LogP contribution in [0.5, 0.6) is 5.75 Å². The lowest BCUT2D eigenvalue weighted by atomic mass is 10.1. The second-order valence-electron chi connectivity index (χ2n) is 6.78. The van der Waals surface area contributed by atoms with E-state index >= 15 is 0 Å². The van der Waals surface area contributed by atoms with Crippen molar-refractivity contribution in [2.45, 2.75) is 6.61 Å². The number of hydrogen-bond acceptors (Lipinski definition) is 4. The maximum absolute atomic E-state index is 13.0. The number of ether oxygens (including phenoxy) is 1. The number of barbiturate groups is 1. The van der Waals surface area contributed by atoms with Crippen LogP contribution in [0, 0.1) is 5.82 Å². The van der Waals surface area contributed by atoms with Crippen LogP contribution in [0.3, 0.4) is 0 Å². The minimum atomic E-state index is -0.797. The molecule has 3 aromatic rings. The highest BCUT2D eigenvalue weighted by Crippen LogP contribution is 2.23. The Balaban J connectivity index is 1.56. The minimum absolute atomic E-state index is 0.167. The lowest BCUT2D eigenvalue weighted by Crippen LogP contribution is -2.54. The number of halogens is 1. The second kappa shape index (κ2) is 8.62. The molecule has 154 valence electrons. The number of para-hydroxylation sites is 1. The minimum Gasteiger partial charge on any atom is -0.489 e. The maximum Gasteiger partial charge on any atom is 0.335 e. The maximum atomic E-state index is 13.0. The molecule has 0 aromatic heterocycles. The van der Waals surface area contributed by atoms with E-state index < -0.39 is 17.8 Å². The van der Waals surface area contributed by atoms with Gasteiger partial charge in [-0.05, 0) is 53.6 Å². The fraction of sp³-hybridized carbons (Fsp3) is 0.0417. The smallest absolute Gasteiger partial charge is 0.335 e. The van der Waals surface area contributed by atoms with Gasteiger partial charge in [-0.3, -0.25) is 14.9 Å². The first-order valence-corrected chi connectivity index (χ1v) is 9.45. The summed E-state index contributed by atoms with van der Waals surface area (Å²) in [5.41, 5.74) is 1.54. The lowest BCUT2D eigenvalue weighted by Gasteiger charge is -2.26. The first-order valence-electron chi connectivity index (χ1n) is 9.45. The zero-order valence-corrected chi connectivity index (χ0v) is 16.2. The predicted molar refractivity (Wildman–Crippen MR) is 113 cm³/mol. The van der Waals surface area contributed by atoms with Crippen LogP contribution in [0.1, 0.15) is 11.1 Å². The summed E-state index contributed by atoms with van der Waals surface area (Å²) < 4.78 is 18.7. The van der Waals surface area contributed by atoms with Gasteiger partial charge in [-0.15, -0.1) is 0 Å². The first-order chi connectivity index (χ1) is 15.0. The fourth-order valence-corrected chi connectivity index (χ4v) is 3.08. The van der Waals surface area contributed by atoms with Gasteiger partial charge in [0.1, 0.15) is 23.7 Å². The molecule has 7 heteroatoms. The first kappa shape index (κ1) is 20.0. The van der Waals surface area contributed by atoms with Crippen molar-refractivity contribution in [1.82, 2.24) is 5.32 Å². The molecule has 1 fully saturated rings. The van der Waals surface area contributed by atoms with Gasteiger partial charge in [0.25, 0.3) is 11.8 Å². The van der Waals surface area contributed by atoms with Crippen LogP contribution < -0.4 is 15.0 Å². The third-order valence-electron chi connectivity index (χ3n) is 4.60. The molecule has 0 unspecified atom stereocenters. The summed E-state index contributed by atoms with van der Waals surface area (Å²) in [6.45, 7) is 0.232. The molecule has 0 bridgehead atoms. The Labute approximate surface area is 177 Å². The van der Waals surface area contributed by atoms with E-state index in [9.17, 15) is 18.8 Å². The number of urea groups is 1. The number of carbonyl (C=O) groups excluding carboxylic acids is 3. The van der Waals surface area contributed by atoms with Gasteiger partial charge in [-0.25, -0.2) is 14.1 Å². The Morgan fingerprint density at radius 2 is 1.65 bits per heavy atom. The Hall–Kier alpha value is -4.26. The van der Waals surface area contributed by atoms with Crippen molar-refractivity contribution in [3.05, 3.63) is 101 Å². The van der Waals surface area contributed by atoms with Crippen LogP contribution in [0.4, 0.5) is 14.9 Å². The van der Waals surface area contributed by atoms with Crippen LogP contribution in [0.15, 0.2) is 84.4 Å². The average Bonchev–Trinajstić information content (AvgIpc) is 2.77. The number of benzene rings is 3. The monoisotopic (exact) mass is 416 g/mol. The summed E-state index contributed by atoms with van der Waals surface area (Å²) in [5.74, 6) is -1.29. The number of carbonyl (C=O) groups is 3. The quantitative estimate of drug-likeness (QED) is 0.503. The fourth-order valence-electron chi connectivity index (χ4n) is 3.08. The number of amides is 4. The van der Waals surface area contributed by atoms with Crippen molar-refractivity contribution >= 4 is 29.6 Å². The molecule has 0 saturated carbocycles. The third kappa shape index (κ3) is 4.51. The molecule has 1 saturated heterocycles. The number of hydrogen-bond donors (Lipinski definition) is 1. The molecule has 0 radical (unpaired) electrons. The van der Waals surface area contributed by atoms with Gasteiger partial charge in [0.15, 0.2) is 0 Å². The molecule has 1 aliphatic rings. The number of anilines is 1. The van der Waals surface area contributed by atoms with Crippen molar-refractivity contribution in [3.8, 4) is 5.75 Å². The summed E-state index contributed by atoms with van der Waals surface area (Å²) in [4.78, 5) is 38.3. The van der Waals surface area contributed by atoms with Crippen molar-refractivity contribution in [3.63, 3.8) is 0 Å². The number of rotatable bonds is 5. The molecular weight excluding hydrogens is 399 g/mol. The summed E-state index contributed by atoms with van der Waals surface area (Å²) in [6, 6.07) is 20.3. The summed E-state index contributed by atoms with van der Waals surface area (Å²) >= 11 is 0. The van der Waals surface area contributed by atoms with E-state index in [1.165, 1.54) is 18.2 Å². The zero-order chi connectivity index (χ0) is 21.8. The van der Waals surface area contributed by atoms with Gasteiger partial charge in [0, 0.05) is 0 Å². The van der Waals surface area contributed by atoms with Crippen LogP contribution in [-0.4, -0.2) is 17.8 Å². The van der Waals surface area contributed by atoms with Crippen LogP contribution in [-0.2, 0) is 16.2 Å². The summed E-state index contributed by atoms with van der Waals surface area (Å²) in [5, 5.41) is 2.19. The van der Waals surface area contributed by atoms with Crippen molar-refractivity contribution < 1.29 is 23.5 Å². The van der Waals surface area contributed by atoms with Crippen LogP contribution >= 0.6 is 0 Å². The number of nitrogens with one attached hydrogen (secondary N) is 1. The van der Waals surface area contributed by atoms with Crippen molar-refractivity contribution in [2.75, 3.05) is 4.90 Å². The molecule has 0 aliphatic carbocycles. The molecule has 1 aliphatic heterocycles. The van der Waals surface area contributed by atoms with Crippen LogP contribution in [0.2, 0.25) is 0 Å². The Morgan fingerprint density at radius 3 is 2.39 bits per heavy atom. The second-order valence-corrected chi connectivity index (χ2v) is 6.78. The van der Waals surface area contributed by atoms with Gasteiger partial charge in [-0.1, -0.05) is 42.5 Å². The van der Waals surface area contributed by atoms with Gasteiger partial charge in [0.05, 0.1) is 5.69 Å². The SMILES string of the molecule is O=C1NC(=O)N(c2ccccc2)C(=O)/C1=C\c1cccc(OCc2ccc(F)cc2)c1. The molecule has 4 amide bonds. The van der Waals surface area contributed by atoms with Gasteiger partial charge < -0.3 is 4.74 Å². The van der Waals surface area contributed by atoms with Crippen LogP contribution in [0.25, 0.3) is 6.08 Å². The zero-order valence-electron chi connectivity index (χ0n) is 16.2. The molecule has 1 heterocycles. The standard InChI is InChI=1S/C24H17FN2O4/c25-18-11-9-16(10-12-18)15-31-20-8-4-5-17(13-20)14-21-22(28)26-24(30)27(23(21)29)19-6-2-1-3-7-19/h1-14H,15H2,(H,26,28,30)/b21-14-. The van der Waals surface area contributed by atoms with E-state index in [2.05, 4.69) is 5.32 Å². The molecule has 6 nitrogen and oxygen atoms in total. The molecule has 1 N–H and O–H groups in total. The highest BCUT2D eigenvalue weighted by Gasteiger charge is 2.36. The summed E-state index contributed by atoms with van der Waals surface area (Å²) in [7, 11) is 0. The molecule has 31 heavy (non-hydrogen) atoms. The van der Waals surface area contributed by atoms with E-state index in [0.29, 0.717) is 17.0 Å². The Kier molecular flexibility index (Phi) is 5.57. The highest BCUT2D eigenvalue weighted by molar-refractivity contribution is 6.39. The largest absolute Gasteiger partial charge is 0.489 e. The molecule has 4 rings (SSSR count). The number of imide groups is 2. The molecule has 3 aromatic carbocycles. The highest BCUT2D eigenvalue weighted by atomic mass is 19.1. The Morgan fingerprint density at radius 1 is 0.903 bits per heavy atom. The topological polar surface area (TPSA) is 75.7 Å². The lowest BCUT2D eigenvalue weighted by molar-refractivity contribution is -0.122. The van der Waals surface area contributed by atoms with Gasteiger partial charge in [-0.2, -0.15) is 0 Å². The van der Waals surface area contributed by atoms with Crippen molar-refractivity contribution in [2.24, 2.45) is 0 Å². The van der Waals surface area contributed by atoms with E-state index in [-0.39, 0.29) is 18.0 Å². The van der Waals surface area contributed by atoms with E-state index in [4.69, 9.17) is 4.74 Å². The average molecular weight is 416 g/mol. The van der Waals surface area contributed by atoms with Crippen molar-refractivity contribution in [1.29, 1.82) is 0 Å². The molecule has 0 atom stereocenters. The number of nitrogens with zero attached hydrogens (tertiary/aromatic N) is 1. The third-order valence-corrected chi connectivity index (χ3v) is 4.60. The van der Waals surface area contributed by atoms with E-state index in [0.717, 1.165) is 10.5 Å². The van der Waals surface area contributed by atoms with E-state index in [1.54, 1.807) is 66.7 Å². The van der Waals surface area contributed by atoms with Gasteiger partial charge >= 0.3 is 6.03 Å². The predicted octanol–water partition coefficient (Wildman–Crippen LogP) is 4.07. The molecule has 0 spiro atoms. The molecular formula is C24H17FN2O4. The summed E-state index contributed by atoms with van der Waals surface area (Å²) in [6.07, 6.45) is 1.41. The Bertz CT molecular complexity index is 1170. The van der Waals surface area contributed by atoms with E-state index in [1.807, 2.05) is 0 Å². The van der Waals surface area contributed by atoms with Gasteiger partial charge in [0.2, 0.25) is 0 Å².